The average Bonchev–Trinajstić information content (AvgIpc) is 2.13. The van der Waals surface area contributed by atoms with Gasteiger partial charge in [-0.2, -0.15) is 0 Å². The summed E-state index contributed by atoms with van der Waals surface area (Å²) in [6.07, 6.45) is 1.83. The van der Waals surface area contributed by atoms with Crippen LogP contribution in [0.25, 0.3) is 0 Å². The first kappa shape index (κ1) is 14.6. The minimum absolute atomic E-state index is 0.329. The molecule has 0 fully saturated rings. The van der Waals surface area contributed by atoms with Gasteiger partial charge in [-0.1, -0.05) is 15.9 Å². The van der Waals surface area contributed by atoms with Crippen LogP contribution in [0.15, 0.2) is 0 Å². The normalized spacial score (nSPS) is 11.9. The zero-order valence-corrected chi connectivity index (χ0v) is 11.2. The van der Waals surface area contributed by atoms with Crippen LogP contribution in [0.4, 0.5) is 0 Å². The van der Waals surface area contributed by atoms with Gasteiger partial charge in [0.05, 0.1) is 19.8 Å². The third kappa shape index (κ3) is 6.96. The number of alkyl halides is 1. The van der Waals surface area contributed by atoms with E-state index in [1.165, 1.54) is 0 Å². The maximum atomic E-state index is 11.7. The predicted molar refractivity (Wildman–Crippen MR) is 59.8 cm³/mol. The molecule has 0 rings (SSSR count). The molecule has 0 spiro atoms. The third-order valence-corrected chi connectivity index (χ3v) is 3.56. The molecule has 0 aliphatic carbocycles. The molecule has 0 heterocycles. The number of hydrogen-bond acceptors (Lipinski definition) is 4. The van der Waals surface area contributed by atoms with Crippen molar-refractivity contribution in [2.24, 2.45) is 0 Å². The molecule has 0 aromatic heterocycles. The van der Waals surface area contributed by atoms with Crippen molar-refractivity contribution in [1.29, 1.82) is 0 Å². The Morgan fingerprint density at radius 3 is 2.07 bits per heavy atom. The Morgan fingerprint density at radius 2 is 1.64 bits per heavy atom. The van der Waals surface area contributed by atoms with Crippen molar-refractivity contribution in [2.45, 2.75) is 26.7 Å². The lowest BCUT2D eigenvalue weighted by Crippen LogP contribution is -2.01. The van der Waals surface area contributed by atoms with E-state index < -0.39 is 7.82 Å². The van der Waals surface area contributed by atoms with E-state index in [9.17, 15) is 4.57 Å². The molecule has 6 heteroatoms. The molecule has 0 saturated carbocycles. The summed E-state index contributed by atoms with van der Waals surface area (Å²) in [5, 5.41) is 0.921. The van der Waals surface area contributed by atoms with Gasteiger partial charge >= 0.3 is 7.82 Å². The number of rotatable bonds is 9. The Labute approximate surface area is 94.1 Å². The highest BCUT2D eigenvalue weighted by Crippen LogP contribution is 2.49. The summed E-state index contributed by atoms with van der Waals surface area (Å²) in [6.45, 7) is 4.58. The molecule has 0 amide bonds. The number of hydrogen-bond donors (Lipinski definition) is 0. The summed E-state index contributed by atoms with van der Waals surface area (Å²) < 4.78 is 26.7. The van der Waals surface area contributed by atoms with Gasteiger partial charge in [-0.25, -0.2) is 4.57 Å². The summed E-state index contributed by atoms with van der Waals surface area (Å²) in [5.41, 5.74) is 0. The smallest absolute Gasteiger partial charge is 0.287 e. The van der Waals surface area contributed by atoms with Crippen LogP contribution in [0.5, 0.6) is 0 Å². The minimum Gasteiger partial charge on any atom is -0.287 e. The Hall–Kier alpha value is 0.590. The first-order chi connectivity index (χ1) is 6.68. The highest BCUT2D eigenvalue weighted by molar-refractivity contribution is 9.09. The molecule has 0 aromatic rings. The van der Waals surface area contributed by atoms with E-state index >= 15 is 0 Å². The van der Waals surface area contributed by atoms with Crippen LogP contribution in [-0.2, 0) is 18.1 Å². The van der Waals surface area contributed by atoms with Crippen LogP contribution in [0.3, 0.4) is 0 Å². The van der Waals surface area contributed by atoms with Crippen LogP contribution in [0, 0.1) is 0 Å². The van der Waals surface area contributed by atoms with E-state index in [0.717, 1.165) is 18.2 Å². The van der Waals surface area contributed by atoms with Crippen molar-refractivity contribution in [3.63, 3.8) is 0 Å². The molecular formula is C8H18BrO4P. The lowest BCUT2D eigenvalue weighted by Gasteiger charge is -2.15. The second kappa shape index (κ2) is 8.86. The molecule has 0 bridgehead atoms. The van der Waals surface area contributed by atoms with Crippen LogP contribution in [-0.4, -0.2) is 25.2 Å². The number of phosphoric ester groups is 1. The zero-order chi connectivity index (χ0) is 10.9. The summed E-state index contributed by atoms with van der Waals surface area (Å²) in [6, 6.07) is 0. The highest BCUT2D eigenvalue weighted by atomic mass is 79.9. The van der Waals surface area contributed by atoms with Crippen molar-refractivity contribution >= 4 is 23.8 Å². The molecule has 0 aromatic carbocycles. The molecule has 0 aliphatic rings. The average molecular weight is 289 g/mol. The fourth-order valence-corrected chi connectivity index (χ4v) is 2.41. The molecule has 0 N–H and O–H groups in total. The van der Waals surface area contributed by atoms with E-state index in [4.69, 9.17) is 13.6 Å². The van der Waals surface area contributed by atoms with Crippen LogP contribution >= 0.6 is 23.8 Å². The van der Waals surface area contributed by atoms with Gasteiger partial charge < -0.3 is 0 Å². The van der Waals surface area contributed by atoms with Crippen molar-refractivity contribution in [1.82, 2.24) is 0 Å². The maximum absolute atomic E-state index is 11.7. The molecule has 0 aliphatic heterocycles. The molecule has 4 nitrogen and oxygen atoms in total. The number of unbranched alkanes of at least 4 members (excludes halogenated alkanes) is 1. The molecule has 14 heavy (non-hydrogen) atoms. The Bertz CT molecular complexity index is 167. The number of halogens is 1. The quantitative estimate of drug-likeness (QED) is 0.371. The van der Waals surface area contributed by atoms with Gasteiger partial charge in [0, 0.05) is 5.33 Å². The molecule has 0 saturated heterocycles. The highest BCUT2D eigenvalue weighted by Gasteiger charge is 2.24. The van der Waals surface area contributed by atoms with Crippen LogP contribution in [0.1, 0.15) is 26.7 Å². The molecular weight excluding hydrogens is 271 g/mol. The minimum atomic E-state index is -3.27. The summed E-state index contributed by atoms with van der Waals surface area (Å²) >= 11 is 3.30. The lowest BCUT2D eigenvalue weighted by atomic mass is 10.4. The van der Waals surface area contributed by atoms with Crippen LogP contribution < -0.4 is 0 Å². The van der Waals surface area contributed by atoms with Crippen LogP contribution in [0.2, 0.25) is 0 Å². The summed E-state index contributed by atoms with van der Waals surface area (Å²) in [7, 11) is -3.27. The van der Waals surface area contributed by atoms with Crippen molar-refractivity contribution in [2.75, 3.05) is 25.2 Å². The molecule has 0 radical (unpaired) electrons. The zero-order valence-electron chi connectivity index (χ0n) is 8.70. The topological polar surface area (TPSA) is 44.8 Å². The summed E-state index contributed by atoms with van der Waals surface area (Å²) in [4.78, 5) is 0. The van der Waals surface area contributed by atoms with Crippen molar-refractivity contribution < 1.29 is 18.1 Å². The van der Waals surface area contributed by atoms with Gasteiger partial charge in [0.15, 0.2) is 0 Å². The van der Waals surface area contributed by atoms with Crippen molar-refractivity contribution in [3.05, 3.63) is 0 Å². The lowest BCUT2D eigenvalue weighted by molar-refractivity contribution is 0.120. The van der Waals surface area contributed by atoms with Gasteiger partial charge in [0.2, 0.25) is 0 Å². The van der Waals surface area contributed by atoms with E-state index in [1.54, 1.807) is 13.8 Å². The van der Waals surface area contributed by atoms with E-state index in [0.29, 0.717) is 19.8 Å². The first-order valence-corrected chi connectivity index (χ1v) is 7.36. The van der Waals surface area contributed by atoms with Gasteiger partial charge in [-0.15, -0.1) is 0 Å². The molecule has 0 unspecified atom stereocenters. The van der Waals surface area contributed by atoms with Gasteiger partial charge in [0.25, 0.3) is 0 Å². The largest absolute Gasteiger partial charge is 0.474 e. The monoisotopic (exact) mass is 288 g/mol. The van der Waals surface area contributed by atoms with Gasteiger partial charge in [-0.3, -0.25) is 13.6 Å². The van der Waals surface area contributed by atoms with E-state index in [-0.39, 0.29) is 0 Å². The fraction of sp³-hybridized carbons (Fsp3) is 1.00. The maximum Gasteiger partial charge on any atom is 0.474 e. The second-order valence-electron chi connectivity index (χ2n) is 2.51. The SMILES string of the molecule is CCOP(=O)(OCC)OCCCCBr. The Kier molecular flexibility index (Phi) is 9.24. The van der Waals surface area contributed by atoms with Crippen molar-refractivity contribution in [3.8, 4) is 0 Å². The van der Waals surface area contributed by atoms with E-state index in [2.05, 4.69) is 15.9 Å². The summed E-state index contributed by atoms with van der Waals surface area (Å²) in [5.74, 6) is 0. The van der Waals surface area contributed by atoms with Gasteiger partial charge in [-0.05, 0) is 26.7 Å². The predicted octanol–water partition coefficient (Wildman–Crippen LogP) is 3.36. The number of phosphoric acid groups is 1. The fourth-order valence-electron chi connectivity index (χ4n) is 0.801. The third-order valence-electron chi connectivity index (χ3n) is 1.35. The first-order valence-electron chi connectivity index (χ1n) is 4.78. The standard InChI is InChI=1S/C8H18BrO4P/c1-3-11-14(10,12-4-2)13-8-6-5-7-9/h3-8H2,1-2H3. The molecule has 86 valence electrons. The van der Waals surface area contributed by atoms with Gasteiger partial charge in [0.1, 0.15) is 0 Å². The Morgan fingerprint density at radius 1 is 1.07 bits per heavy atom. The molecule has 0 atom stereocenters. The second-order valence-corrected chi connectivity index (χ2v) is 4.97. The van der Waals surface area contributed by atoms with E-state index in [1.807, 2.05) is 0 Å². The Balaban J connectivity index is 3.78.